The number of halogens is 3. The third-order valence-corrected chi connectivity index (χ3v) is 2.67. The maximum absolute atomic E-state index is 13.0. The van der Waals surface area contributed by atoms with Crippen molar-refractivity contribution in [2.75, 3.05) is 0 Å². The van der Waals surface area contributed by atoms with Crippen LogP contribution in [0, 0.1) is 5.82 Å². The van der Waals surface area contributed by atoms with Crippen LogP contribution < -0.4 is 0 Å². The van der Waals surface area contributed by atoms with E-state index in [1.54, 1.807) is 12.1 Å². The largest absolute Gasteiger partial charge is 0.207 e. The molecule has 0 spiro atoms. The van der Waals surface area contributed by atoms with Gasteiger partial charge in [-0.05, 0) is 17.2 Å². The summed E-state index contributed by atoms with van der Waals surface area (Å²) in [6.45, 7) is 0. The average molecular weight is 282 g/mol. The van der Waals surface area contributed by atoms with Crippen molar-refractivity contribution in [2.24, 2.45) is 0 Å². The van der Waals surface area contributed by atoms with E-state index in [-0.39, 0.29) is 5.82 Å². The number of hydrogen-bond acceptors (Lipinski definition) is 0. The molecule has 0 nitrogen and oxygen atoms in total. The molecular weight excluding hydrogens is 275 g/mol. The summed E-state index contributed by atoms with van der Waals surface area (Å²) in [5, 5.41) is 1.27. The predicted molar refractivity (Wildman–Crippen MR) is 51.7 cm³/mol. The van der Waals surface area contributed by atoms with Crippen LogP contribution in [0.4, 0.5) is 4.39 Å². The summed E-state index contributed by atoms with van der Waals surface area (Å²) in [6, 6.07) is 5.25. The fourth-order valence-electron chi connectivity index (χ4n) is 0.782. The van der Waals surface area contributed by atoms with E-state index in [1.807, 2.05) is 6.07 Å². The van der Waals surface area contributed by atoms with Crippen molar-refractivity contribution >= 4 is 31.9 Å². The summed E-state index contributed by atoms with van der Waals surface area (Å²) >= 11 is 6.46. The molecule has 0 fully saturated rings. The van der Waals surface area contributed by atoms with Crippen LogP contribution in [0.25, 0.3) is 0 Å². The van der Waals surface area contributed by atoms with Gasteiger partial charge in [0.2, 0.25) is 0 Å². The Hall–Kier alpha value is 0.110. The van der Waals surface area contributed by atoms with Crippen LogP contribution in [0.3, 0.4) is 0 Å². The number of benzene rings is 1. The Bertz CT molecular complexity index is 248. The van der Waals surface area contributed by atoms with Crippen molar-refractivity contribution in [2.45, 2.75) is 10.7 Å². The van der Waals surface area contributed by atoms with Crippen molar-refractivity contribution in [3.63, 3.8) is 0 Å². The van der Waals surface area contributed by atoms with Gasteiger partial charge >= 0.3 is 0 Å². The maximum Gasteiger partial charge on any atom is 0.127 e. The van der Waals surface area contributed by atoms with Crippen LogP contribution in [0.15, 0.2) is 18.2 Å². The molecular formula is C8H7Br2F. The Labute approximate surface area is 82.1 Å². The van der Waals surface area contributed by atoms with Gasteiger partial charge in [-0.3, -0.25) is 0 Å². The zero-order valence-electron chi connectivity index (χ0n) is 5.78. The zero-order valence-corrected chi connectivity index (χ0v) is 8.95. The minimum absolute atomic E-state index is 0.140. The van der Waals surface area contributed by atoms with Gasteiger partial charge in [-0.1, -0.05) is 44.0 Å². The quantitative estimate of drug-likeness (QED) is 0.727. The van der Waals surface area contributed by atoms with Crippen molar-refractivity contribution < 1.29 is 4.39 Å². The molecule has 1 rings (SSSR count). The Morgan fingerprint density at radius 2 is 1.91 bits per heavy atom. The van der Waals surface area contributed by atoms with Gasteiger partial charge in [0.25, 0.3) is 0 Å². The Morgan fingerprint density at radius 3 is 2.36 bits per heavy atom. The number of rotatable bonds is 2. The van der Waals surface area contributed by atoms with Crippen LogP contribution >= 0.6 is 31.9 Å². The smallest absolute Gasteiger partial charge is 0.127 e. The highest BCUT2D eigenvalue weighted by Crippen LogP contribution is 2.14. The summed E-state index contributed by atoms with van der Waals surface area (Å²) in [6.07, 6.45) is 0. The minimum atomic E-state index is -0.140. The number of alkyl halides is 2. The van der Waals surface area contributed by atoms with Crippen LogP contribution in [0.1, 0.15) is 11.1 Å². The van der Waals surface area contributed by atoms with Gasteiger partial charge in [0, 0.05) is 10.7 Å². The molecule has 0 aliphatic rings. The van der Waals surface area contributed by atoms with Gasteiger partial charge in [0.1, 0.15) is 5.82 Å². The first-order valence-electron chi connectivity index (χ1n) is 3.17. The average Bonchev–Trinajstić information content (AvgIpc) is 2.04. The summed E-state index contributed by atoms with van der Waals surface area (Å²) in [5.41, 5.74) is 1.67. The fourth-order valence-corrected chi connectivity index (χ4v) is 1.59. The molecule has 0 aliphatic carbocycles. The molecule has 11 heavy (non-hydrogen) atoms. The summed E-state index contributed by atoms with van der Waals surface area (Å²) in [7, 11) is 0. The number of hydrogen-bond donors (Lipinski definition) is 0. The van der Waals surface area contributed by atoms with Crippen LogP contribution in [0.2, 0.25) is 0 Å². The van der Waals surface area contributed by atoms with E-state index in [9.17, 15) is 4.39 Å². The highest BCUT2D eigenvalue weighted by atomic mass is 79.9. The molecule has 0 unspecified atom stereocenters. The molecule has 0 saturated heterocycles. The molecule has 0 aromatic heterocycles. The van der Waals surface area contributed by atoms with E-state index in [0.717, 1.165) is 5.56 Å². The molecule has 0 atom stereocenters. The Kier molecular flexibility index (Phi) is 3.52. The maximum atomic E-state index is 13.0. The molecule has 3 heteroatoms. The minimum Gasteiger partial charge on any atom is -0.207 e. The van der Waals surface area contributed by atoms with Crippen molar-refractivity contribution in [3.05, 3.63) is 35.1 Å². The highest BCUT2D eigenvalue weighted by Gasteiger charge is 2.00. The fraction of sp³-hybridized carbons (Fsp3) is 0.250. The summed E-state index contributed by atoms with van der Waals surface area (Å²) in [4.78, 5) is 0. The Morgan fingerprint density at radius 1 is 1.18 bits per heavy atom. The van der Waals surface area contributed by atoms with Crippen LogP contribution in [-0.4, -0.2) is 0 Å². The molecule has 60 valence electrons. The van der Waals surface area contributed by atoms with Gasteiger partial charge in [0.05, 0.1) is 0 Å². The van der Waals surface area contributed by atoms with E-state index >= 15 is 0 Å². The first-order valence-corrected chi connectivity index (χ1v) is 5.41. The second kappa shape index (κ2) is 4.21. The van der Waals surface area contributed by atoms with Gasteiger partial charge in [-0.25, -0.2) is 4.39 Å². The molecule has 0 amide bonds. The van der Waals surface area contributed by atoms with E-state index in [0.29, 0.717) is 16.2 Å². The molecule has 0 aliphatic heterocycles. The van der Waals surface area contributed by atoms with Crippen molar-refractivity contribution in [1.29, 1.82) is 0 Å². The van der Waals surface area contributed by atoms with E-state index in [4.69, 9.17) is 0 Å². The summed E-state index contributed by atoms with van der Waals surface area (Å²) < 4.78 is 13.0. The molecule has 0 heterocycles. The van der Waals surface area contributed by atoms with Gasteiger partial charge < -0.3 is 0 Å². The van der Waals surface area contributed by atoms with E-state index in [1.165, 1.54) is 0 Å². The molecule has 0 bridgehead atoms. The van der Waals surface area contributed by atoms with Gasteiger partial charge in [-0.15, -0.1) is 0 Å². The molecule has 0 radical (unpaired) electrons. The zero-order chi connectivity index (χ0) is 8.27. The first kappa shape index (κ1) is 9.20. The lowest BCUT2D eigenvalue weighted by Gasteiger charge is -1.99. The van der Waals surface area contributed by atoms with Gasteiger partial charge in [-0.2, -0.15) is 0 Å². The second-order valence-electron chi connectivity index (χ2n) is 2.19. The lowest BCUT2D eigenvalue weighted by atomic mass is 10.2. The highest BCUT2D eigenvalue weighted by molar-refractivity contribution is 9.08. The molecule has 1 aromatic carbocycles. The van der Waals surface area contributed by atoms with Gasteiger partial charge in [0.15, 0.2) is 0 Å². The normalized spacial score (nSPS) is 10.1. The summed E-state index contributed by atoms with van der Waals surface area (Å²) in [5.74, 6) is -0.140. The third kappa shape index (κ3) is 2.27. The Balaban J connectivity index is 2.99. The monoisotopic (exact) mass is 280 g/mol. The van der Waals surface area contributed by atoms with E-state index in [2.05, 4.69) is 31.9 Å². The standard InChI is InChI=1S/C8H7Br2F/c9-4-6-1-2-7(5-10)8(11)3-6/h1-3H,4-5H2. The van der Waals surface area contributed by atoms with Crippen LogP contribution in [0.5, 0.6) is 0 Å². The molecule has 0 N–H and O–H groups in total. The second-order valence-corrected chi connectivity index (χ2v) is 3.31. The topological polar surface area (TPSA) is 0 Å². The first-order chi connectivity index (χ1) is 5.27. The molecule has 0 saturated carbocycles. The third-order valence-electron chi connectivity index (χ3n) is 1.42. The lowest BCUT2D eigenvalue weighted by Crippen LogP contribution is -1.87. The SMILES string of the molecule is Fc1cc(CBr)ccc1CBr. The predicted octanol–water partition coefficient (Wildman–Crippen LogP) is 3.62. The van der Waals surface area contributed by atoms with Crippen LogP contribution in [-0.2, 0) is 10.7 Å². The van der Waals surface area contributed by atoms with Crippen molar-refractivity contribution in [3.8, 4) is 0 Å². The lowest BCUT2D eigenvalue weighted by molar-refractivity contribution is 0.616. The van der Waals surface area contributed by atoms with Crippen molar-refractivity contribution in [1.82, 2.24) is 0 Å². The molecule has 1 aromatic rings. The van der Waals surface area contributed by atoms with E-state index < -0.39 is 0 Å².